The minimum Gasteiger partial charge on any atom is -0.353 e. The van der Waals surface area contributed by atoms with E-state index in [9.17, 15) is 18.8 Å². The van der Waals surface area contributed by atoms with E-state index in [1.54, 1.807) is 23.2 Å². The van der Waals surface area contributed by atoms with Crippen molar-refractivity contribution in [1.82, 2.24) is 20.1 Å². The Balaban J connectivity index is 1.34. The van der Waals surface area contributed by atoms with Gasteiger partial charge in [-0.15, -0.1) is 0 Å². The first-order valence-corrected chi connectivity index (χ1v) is 13.2. The molecule has 1 aromatic heterocycles. The zero-order valence-corrected chi connectivity index (χ0v) is 21.8. The summed E-state index contributed by atoms with van der Waals surface area (Å²) in [5, 5.41) is 2.87. The predicted octanol–water partition coefficient (Wildman–Crippen LogP) is 3.57. The van der Waals surface area contributed by atoms with E-state index in [1.807, 2.05) is 30.3 Å². The van der Waals surface area contributed by atoms with Crippen LogP contribution in [0.2, 0.25) is 0 Å². The molecule has 0 radical (unpaired) electrons. The third-order valence-corrected chi connectivity index (χ3v) is 7.48. The van der Waals surface area contributed by atoms with E-state index in [2.05, 4.69) is 17.2 Å². The second-order valence-corrected chi connectivity index (χ2v) is 9.84. The van der Waals surface area contributed by atoms with Gasteiger partial charge in [0.25, 0.3) is 11.8 Å². The van der Waals surface area contributed by atoms with Crippen molar-refractivity contribution in [2.24, 2.45) is 0 Å². The Bertz CT molecular complexity index is 1320. The van der Waals surface area contributed by atoms with E-state index in [0.717, 1.165) is 12.0 Å². The monoisotopic (exact) mass is 530 g/mol. The summed E-state index contributed by atoms with van der Waals surface area (Å²) in [6, 6.07) is 17.4. The molecule has 0 saturated carbocycles. The number of rotatable bonds is 6. The van der Waals surface area contributed by atoms with Gasteiger partial charge in [0.1, 0.15) is 17.6 Å². The van der Waals surface area contributed by atoms with E-state index in [4.69, 9.17) is 4.74 Å². The van der Waals surface area contributed by atoms with E-state index >= 15 is 0 Å². The molecule has 2 aromatic carbocycles. The van der Waals surface area contributed by atoms with Gasteiger partial charge in [-0.2, -0.15) is 0 Å². The summed E-state index contributed by atoms with van der Waals surface area (Å²) < 4.78 is 19.8. The summed E-state index contributed by atoms with van der Waals surface area (Å²) in [5.74, 6) is -1.31. The number of halogens is 1. The van der Waals surface area contributed by atoms with Gasteiger partial charge < -0.3 is 15.0 Å². The Labute approximate surface area is 226 Å². The molecule has 1 N–H and O–H groups in total. The van der Waals surface area contributed by atoms with Crippen molar-refractivity contribution < 1.29 is 23.5 Å². The highest BCUT2D eigenvalue weighted by molar-refractivity contribution is 5.98. The van der Waals surface area contributed by atoms with Crippen molar-refractivity contribution in [3.63, 3.8) is 0 Å². The molecule has 0 bridgehead atoms. The van der Waals surface area contributed by atoms with Crippen LogP contribution in [0.4, 0.5) is 4.39 Å². The Hall–Kier alpha value is -4.11. The van der Waals surface area contributed by atoms with Crippen LogP contribution in [-0.4, -0.2) is 64.0 Å². The number of carbonyl (C=O) groups excluding carboxylic acids is 3. The largest absolute Gasteiger partial charge is 0.353 e. The van der Waals surface area contributed by atoms with Crippen LogP contribution in [0.5, 0.6) is 0 Å². The van der Waals surface area contributed by atoms with Gasteiger partial charge in [-0.25, -0.2) is 4.39 Å². The molecule has 39 heavy (non-hydrogen) atoms. The van der Waals surface area contributed by atoms with Crippen molar-refractivity contribution in [3.05, 3.63) is 101 Å². The van der Waals surface area contributed by atoms with Crippen LogP contribution in [0, 0.1) is 5.82 Å². The Morgan fingerprint density at radius 2 is 1.64 bits per heavy atom. The average molecular weight is 531 g/mol. The molecule has 0 unspecified atom stereocenters. The SMILES string of the molecule is CCc1ccc(C(=O)N2CCC3(CC2)OC[C@@H](C(=O)NCc2ccccn2)N3C(=O)c2ccc(F)cc2)cc1. The second-order valence-electron chi connectivity index (χ2n) is 9.84. The lowest BCUT2D eigenvalue weighted by Crippen LogP contribution is -2.59. The molecule has 3 amide bonds. The summed E-state index contributed by atoms with van der Waals surface area (Å²) >= 11 is 0. The van der Waals surface area contributed by atoms with Gasteiger partial charge in [0, 0.05) is 43.3 Å². The van der Waals surface area contributed by atoms with Crippen molar-refractivity contribution in [2.45, 2.75) is 44.5 Å². The fourth-order valence-electron chi connectivity index (χ4n) is 5.22. The van der Waals surface area contributed by atoms with Gasteiger partial charge in [0.2, 0.25) is 5.91 Å². The number of hydrogen-bond donors (Lipinski definition) is 1. The predicted molar refractivity (Wildman–Crippen MR) is 142 cm³/mol. The number of pyridine rings is 1. The number of ether oxygens (including phenoxy) is 1. The number of aryl methyl sites for hydroxylation is 1. The molecular weight excluding hydrogens is 499 g/mol. The Morgan fingerprint density at radius 1 is 0.974 bits per heavy atom. The maximum Gasteiger partial charge on any atom is 0.256 e. The standard InChI is InChI=1S/C30H31FN4O4/c1-2-21-6-8-22(9-7-21)28(37)34-17-14-30(15-18-34)35(29(38)23-10-12-24(31)13-11-23)26(20-39-30)27(36)33-19-25-5-3-4-16-32-25/h3-13,16,26H,2,14-15,17-20H2,1H3,(H,33,36)/t26-/m0/s1. The smallest absolute Gasteiger partial charge is 0.256 e. The van der Waals surface area contributed by atoms with Crippen molar-refractivity contribution in [2.75, 3.05) is 19.7 Å². The van der Waals surface area contributed by atoms with Crippen LogP contribution in [-0.2, 0) is 22.5 Å². The van der Waals surface area contributed by atoms with Gasteiger partial charge >= 0.3 is 0 Å². The lowest BCUT2D eigenvalue weighted by molar-refractivity contribution is -0.128. The van der Waals surface area contributed by atoms with Crippen LogP contribution in [0.3, 0.4) is 0 Å². The molecule has 2 saturated heterocycles. The molecule has 8 nitrogen and oxygen atoms in total. The molecule has 1 atom stereocenters. The normalized spacial score (nSPS) is 18.3. The molecule has 2 aliphatic rings. The lowest BCUT2D eigenvalue weighted by Gasteiger charge is -2.44. The summed E-state index contributed by atoms with van der Waals surface area (Å²) in [5.41, 5.74) is 1.67. The number of benzene rings is 2. The second kappa shape index (κ2) is 11.3. The first-order valence-electron chi connectivity index (χ1n) is 13.2. The van der Waals surface area contributed by atoms with Crippen LogP contribution < -0.4 is 5.32 Å². The van der Waals surface area contributed by atoms with Crippen molar-refractivity contribution >= 4 is 17.7 Å². The first-order chi connectivity index (χ1) is 18.9. The van der Waals surface area contributed by atoms with Gasteiger partial charge in [-0.1, -0.05) is 25.1 Å². The molecule has 5 rings (SSSR count). The van der Waals surface area contributed by atoms with Gasteiger partial charge in [-0.3, -0.25) is 24.3 Å². The Morgan fingerprint density at radius 3 is 2.28 bits per heavy atom. The molecule has 3 aromatic rings. The number of carbonyl (C=O) groups is 3. The van der Waals surface area contributed by atoms with Gasteiger partial charge in [-0.05, 0) is 60.5 Å². The van der Waals surface area contributed by atoms with Crippen molar-refractivity contribution in [1.29, 1.82) is 0 Å². The number of likely N-dealkylation sites (tertiary alicyclic amines) is 1. The number of piperidine rings is 1. The Kier molecular flexibility index (Phi) is 7.70. The summed E-state index contributed by atoms with van der Waals surface area (Å²) in [7, 11) is 0. The highest BCUT2D eigenvalue weighted by atomic mass is 19.1. The maximum atomic E-state index is 13.8. The number of aromatic nitrogens is 1. The molecule has 0 aliphatic carbocycles. The zero-order valence-electron chi connectivity index (χ0n) is 21.8. The summed E-state index contributed by atoms with van der Waals surface area (Å²) in [4.78, 5) is 47.7. The third kappa shape index (κ3) is 5.54. The molecular formula is C30H31FN4O4. The number of nitrogens with one attached hydrogen (secondary N) is 1. The molecule has 3 heterocycles. The van der Waals surface area contributed by atoms with Crippen LogP contribution in [0.25, 0.3) is 0 Å². The fraction of sp³-hybridized carbons (Fsp3) is 0.333. The zero-order chi connectivity index (χ0) is 27.4. The molecule has 1 spiro atoms. The highest BCUT2D eigenvalue weighted by Crippen LogP contribution is 2.39. The minimum atomic E-state index is -1.05. The maximum absolute atomic E-state index is 13.8. The van der Waals surface area contributed by atoms with Gasteiger partial charge in [0.05, 0.1) is 18.8 Å². The van der Waals surface area contributed by atoms with E-state index in [-0.39, 0.29) is 30.5 Å². The van der Waals surface area contributed by atoms with Crippen LogP contribution in [0.1, 0.15) is 51.7 Å². The fourth-order valence-corrected chi connectivity index (χ4v) is 5.22. The summed E-state index contributed by atoms with van der Waals surface area (Å²) in [6.45, 7) is 3.02. The first kappa shape index (κ1) is 26.5. The molecule has 2 aliphatic heterocycles. The number of hydrogen-bond acceptors (Lipinski definition) is 5. The molecule has 9 heteroatoms. The van der Waals surface area contributed by atoms with Gasteiger partial charge in [0.15, 0.2) is 0 Å². The topological polar surface area (TPSA) is 91.8 Å². The van der Waals surface area contributed by atoms with Crippen LogP contribution in [0.15, 0.2) is 72.9 Å². The van der Waals surface area contributed by atoms with E-state index in [0.29, 0.717) is 37.2 Å². The molecule has 2 fully saturated rings. The third-order valence-electron chi connectivity index (χ3n) is 7.48. The number of amides is 3. The lowest BCUT2D eigenvalue weighted by atomic mass is 9.96. The van der Waals surface area contributed by atoms with E-state index in [1.165, 1.54) is 29.2 Å². The summed E-state index contributed by atoms with van der Waals surface area (Å²) in [6.07, 6.45) is 3.24. The minimum absolute atomic E-state index is 0.0212. The molecule has 202 valence electrons. The average Bonchev–Trinajstić information content (AvgIpc) is 3.35. The van der Waals surface area contributed by atoms with E-state index < -0.39 is 23.5 Å². The van der Waals surface area contributed by atoms with Crippen LogP contribution >= 0.6 is 0 Å². The van der Waals surface area contributed by atoms with Crippen molar-refractivity contribution in [3.8, 4) is 0 Å². The number of nitrogens with zero attached hydrogens (tertiary/aromatic N) is 3. The quantitative estimate of drug-likeness (QED) is 0.526. The highest BCUT2D eigenvalue weighted by Gasteiger charge is 2.54.